The van der Waals surface area contributed by atoms with Crippen molar-refractivity contribution in [1.82, 2.24) is 29.6 Å². The molecule has 8 atom stereocenters. The molecule has 4 fully saturated rings. The first kappa shape index (κ1) is 59.6. The average Bonchev–Trinajstić information content (AvgIpc) is 4.01. The molecule has 2 aromatic rings. The van der Waals surface area contributed by atoms with Crippen molar-refractivity contribution in [2.45, 2.75) is 102 Å². The molecule has 0 spiro atoms. The van der Waals surface area contributed by atoms with Crippen LogP contribution in [0.4, 0.5) is 10.3 Å². The molecule has 6 aliphatic rings. The van der Waals surface area contributed by atoms with Crippen LogP contribution in [0.1, 0.15) is 76.4 Å². The van der Waals surface area contributed by atoms with Crippen LogP contribution in [-0.4, -0.2) is 184 Å². The fourth-order valence-electron chi connectivity index (χ4n) is 9.61. The monoisotopic (exact) mass is 1090 g/mol. The molecule has 72 heavy (non-hydrogen) atoms. The van der Waals surface area contributed by atoms with Crippen LogP contribution in [0, 0.1) is 23.7 Å². The number of aliphatic hydroxyl groups excluding tert-OH is 2. The van der Waals surface area contributed by atoms with Crippen LogP contribution in [0.2, 0.25) is 0 Å². The molecule has 8 rings (SSSR count). The number of carboxylic acid groups (broad SMARTS) is 4. The minimum absolute atomic E-state index is 0. The zero-order valence-electron chi connectivity index (χ0n) is 41.4. The Morgan fingerprint density at radius 2 is 0.972 bits per heavy atom. The smallest absolute Gasteiger partial charge is 0.543 e. The third-order valence-electron chi connectivity index (χ3n) is 13.2. The van der Waals surface area contributed by atoms with Crippen molar-refractivity contribution in [3.63, 3.8) is 0 Å². The third-order valence-corrected chi connectivity index (χ3v) is 17.9. The standard InChI is InChI=1S/2C22H28N4O7S2.2Na/c2*1-9(2)25(7-14(28)29)19(30)13-8-34-22(23-13)24-5-12(6-24)35-18-10(3)16-15(11(4)27)20(31)26(16)17(18)21(32)33;;/h2*8-12,15-16,27H,5-7H2,1-4H3,(H,28,29)(H,32,33);;/q;;2*+1/p-2/t2*10-,11-,15-,16-;;/m11../s1. The van der Waals surface area contributed by atoms with Crippen molar-refractivity contribution in [2.24, 2.45) is 23.7 Å². The molecule has 28 heteroatoms. The van der Waals surface area contributed by atoms with Gasteiger partial charge in [0.25, 0.3) is 11.8 Å². The van der Waals surface area contributed by atoms with Crippen molar-refractivity contribution in [1.29, 1.82) is 0 Å². The fourth-order valence-corrected chi connectivity index (χ4v) is 14.3. The molecule has 4 amide bonds. The van der Waals surface area contributed by atoms with Gasteiger partial charge in [0.15, 0.2) is 10.3 Å². The molecule has 0 radical (unpaired) electrons. The van der Waals surface area contributed by atoms with E-state index >= 15 is 0 Å². The Kier molecular flexibility index (Phi) is 19.6. The summed E-state index contributed by atoms with van der Waals surface area (Å²) in [5.41, 5.74) is 0.188. The Labute approximate surface area is 475 Å². The number of aliphatic carboxylic acids is 4. The van der Waals surface area contributed by atoms with Crippen LogP contribution < -0.4 is 79.1 Å². The number of thiazole rings is 2. The number of rotatable bonds is 18. The van der Waals surface area contributed by atoms with Crippen molar-refractivity contribution < 1.29 is 128 Å². The maximum atomic E-state index is 12.7. The number of hydrogen-bond donors (Lipinski definition) is 4. The molecule has 380 valence electrons. The molecular weight excluding hydrogens is 1040 g/mol. The van der Waals surface area contributed by atoms with E-state index in [1.54, 1.807) is 38.5 Å². The SMILES string of the molecule is CC(C)N(CC(=O)O)C(=O)c1csc(N2CC(SC3=C(C(=O)[O-])N4C(=O)[C@H]([C@@H](C)O)[C@H]4[C@H]3C)C2)n1.CC(C)N(CC(=O)O)C(=O)c1csc(N2CC(SC3=C(C(=O)[O-])N4C(=O)[C@H]([C@@H](C)O)[C@H]4[C@H]3C)C2)n1.[Na+].[Na+]. The van der Waals surface area contributed by atoms with Crippen molar-refractivity contribution >= 4 is 104 Å². The molecule has 8 heterocycles. The van der Waals surface area contributed by atoms with E-state index in [0.717, 1.165) is 0 Å². The Hall–Kier alpha value is -3.28. The summed E-state index contributed by atoms with van der Waals surface area (Å²) in [6.07, 6.45) is -1.72. The van der Waals surface area contributed by atoms with Gasteiger partial charge in [0.1, 0.15) is 24.5 Å². The van der Waals surface area contributed by atoms with Gasteiger partial charge in [-0.25, -0.2) is 9.97 Å². The second-order valence-electron chi connectivity index (χ2n) is 18.7. The topological polar surface area (TPSA) is 309 Å². The van der Waals surface area contributed by atoms with Gasteiger partial charge < -0.3 is 69.6 Å². The van der Waals surface area contributed by atoms with E-state index in [-0.39, 0.29) is 140 Å². The van der Waals surface area contributed by atoms with Crippen molar-refractivity contribution in [2.75, 3.05) is 49.1 Å². The zero-order chi connectivity index (χ0) is 51.5. The summed E-state index contributed by atoms with van der Waals surface area (Å²) in [5.74, 6) is -8.32. The number of carboxylic acids is 4. The quantitative estimate of drug-likeness (QED) is 0.0797. The molecule has 0 bridgehead atoms. The van der Waals surface area contributed by atoms with Crippen LogP contribution >= 0.6 is 46.2 Å². The first-order valence-corrected chi connectivity index (χ1v) is 26.1. The van der Waals surface area contributed by atoms with E-state index in [1.807, 2.05) is 23.6 Å². The number of hydrogen-bond acceptors (Lipinski definition) is 20. The minimum atomic E-state index is -1.39. The van der Waals surface area contributed by atoms with Crippen LogP contribution in [0.25, 0.3) is 0 Å². The maximum Gasteiger partial charge on any atom is 1.00 e. The number of amides is 4. The van der Waals surface area contributed by atoms with Gasteiger partial charge in [-0.3, -0.25) is 28.8 Å². The summed E-state index contributed by atoms with van der Waals surface area (Å²) in [6.45, 7) is 15.2. The van der Waals surface area contributed by atoms with E-state index < -0.39 is 72.8 Å². The number of fused-ring (bicyclic) bond motifs is 2. The molecule has 22 nitrogen and oxygen atoms in total. The number of aliphatic hydroxyl groups is 2. The predicted molar refractivity (Wildman–Crippen MR) is 253 cm³/mol. The largest absolute Gasteiger partial charge is 1.00 e. The van der Waals surface area contributed by atoms with Gasteiger partial charge in [0.05, 0.1) is 59.5 Å². The van der Waals surface area contributed by atoms with Gasteiger partial charge >= 0.3 is 71.1 Å². The molecule has 2 aromatic heterocycles. The minimum Gasteiger partial charge on any atom is -0.543 e. The Bertz CT molecular complexity index is 2370. The number of β-lactam (4-membered cyclic amide) rings is 2. The summed E-state index contributed by atoms with van der Waals surface area (Å²) in [4.78, 5) is 115. The first-order valence-electron chi connectivity index (χ1n) is 22.6. The van der Waals surface area contributed by atoms with Crippen LogP contribution in [-0.2, 0) is 28.8 Å². The zero-order valence-corrected chi connectivity index (χ0v) is 48.7. The van der Waals surface area contributed by atoms with Gasteiger partial charge in [0.2, 0.25) is 11.8 Å². The second-order valence-corrected chi connectivity index (χ2v) is 23.0. The van der Waals surface area contributed by atoms with Gasteiger partial charge in [-0.2, -0.15) is 0 Å². The first-order chi connectivity index (χ1) is 32.8. The number of carbonyl (C=O) groups is 8. The number of nitrogens with zero attached hydrogens (tertiary/aromatic N) is 8. The van der Waals surface area contributed by atoms with Crippen LogP contribution in [0.15, 0.2) is 32.0 Å². The maximum absolute atomic E-state index is 12.7. The van der Waals surface area contributed by atoms with E-state index in [9.17, 15) is 58.8 Å². The number of carbonyl (C=O) groups excluding carboxylic acids is 6. The second kappa shape index (κ2) is 23.7. The molecule has 0 aliphatic carbocycles. The van der Waals surface area contributed by atoms with Crippen LogP contribution in [0.3, 0.4) is 0 Å². The Morgan fingerprint density at radius 1 is 0.653 bits per heavy atom. The average molecular weight is 1090 g/mol. The predicted octanol–water partition coefficient (Wildman–Crippen LogP) is -6.35. The van der Waals surface area contributed by atoms with Gasteiger partial charge in [-0.15, -0.1) is 46.2 Å². The normalized spacial score (nSPS) is 24.2. The molecule has 0 unspecified atom stereocenters. The van der Waals surface area contributed by atoms with Crippen LogP contribution in [0.5, 0.6) is 0 Å². The number of thioether (sulfide) groups is 2. The fraction of sp³-hybridized carbons (Fsp3) is 0.591. The van der Waals surface area contributed by atoms with Crippen molar-refractivity contribution in [3.8, 4) is 0 Å². The number of aromatic nitrogens is 2. The summed E-state index contributed by atoms with van der Waals surface area (Å²) in [6, 6.07) is -1.34. The summed E-state index contributed by atoms with van der Waals surface area (Å²) >= 11 is 5.39. The number of anilines is 2. The van der Waals surface area contributed by atoms with Crippen molar-refractivity contribution in [3.05, 3.63) is 43.4 Å². The van der Waals surface area contributed by atoms with E-state index in [2.05, 4.69) is 9.97 Å². The molecule has 0 aromatic carbocycles. The molecule has 4 saturated heterocycles. The van der Waals surface area contributed by atoms with Gasteiger partial charge in [-0.05, 0) is 41.5 Å². The Morgan fingerprint density at radius 3 is 1.24 bits per heavy atom. The summed E-state index contributed by atoms with van der Waals surface area (Å²) in [7, 11) is 0. The van der Waals surface area contributed by atoms with E-state index in [4.69, 9.17) is 10.2 Å². The Balaban J connectivity index is 0.000000260. The molecule has 4 N–H and O–H groups in total. The molecule has 6 aliphatic heterocycles. The summed E-state index contributed by atoms with van der Waals surface area (Å²) in [5, 5.41) is 66.4. The summed E-state index contributed by atoms with van der Waals surface area (Å²) < 4.78 is 0. The molecule has 0 saturated carbocycles. The van der Waals surface area contributed by atoms with Gasteiger partial charge in [0, 0.05) is 81.2 Å². The molecular formula is C44H54N8Na2O14S4. The third kappa shape index (κ3) is 11.4. The van der Waals surface area contributed by atoms with Gasteiger partial charge in [-0.1, -0.05) is 13.8 Å². The van der Waals surface area contributed by atoms with E-state index in [0.29, 0.717) is 46.3 Å². The van der Waals surface area contributed by atoms with E-state index in [1.165, 1.54) is 79.6 Å².